The van der Waals surface area contributed by atoms with Crippen LogP contribution in [0.15, 0.2) is 64.1 Å². The third-order valence-electron chi connectivity index (χ3n) is 5.49. The molecule has 5 nitrogen and oxygen atoms in total. The number of nitrogens with zero attached hydrogens (tertiary/aromatic N) is 3. The van der Waals surface area contributed by atoms with E-state index in [2.05, 4.69) is 28.9 Å². The maximum atomic E-state index is 14.1. The zero-order valence-electron chi connectivity index (χ0n) is 17.1. The normalized spacial score (nSPS) is 15.4. The van der Waals surface area contributed by atoms with Gasteiger partial charge in [0.25, 0.3) is 5.88 Å². The fourth-order valence-electron chi connectivity index (χ4n) is 3.50. The summed E-state index contributed by atoms with van der Waals surface area (Å²) in [5.41, 5.74) is 8.98. The first kappa shape index (κ1) is 20.5. The van der Waals surface area contributed by atoms with Crippen molar-refractivity contribution < 1.29 is 8.91 Å². The van der Waals surface area contributed by atoms with Gasteiger partial charge in [0.05, 0.1) is 5.69 Å². The van der Waals surface area contributed by atoms with Crippen LogP contribution >= 0.6 is 11.8 Å². The van der Waals surface area contributed by atoms with Crippen LogP contribution in [0.3, 0.4) is 0 Å². The smallest absolute Gasteiger partial charge is 0.253 e. The summed E-state index contributed by atoms with van der Waals surface area (Å²) in [7, 11) is 0. The average molecular weight is 425 g/mol. The van der Waals surface area contributed by atoms with Gasteiger partial charge in [-0.3, -0.25) is 0 Å². The summed E-state index contributed by atoms with van der Waals surface area (Å²) in [6.07, 6.45) is 0. The number of aromatic nitrogens is 1. The Morgan fingerprint density at radius 2 is 1.83 bits per heavy atom. The predicted octanol–water partition coefficient (Wildman–Crippen LogP) is 4.80. The number of nitrogens with two attached hydrogens (primary N) is 1. The lowest BCUT2D eigenvalue weighted by atomic mass is 9.81. The molecular weight excluding hydrogens is 399 g/mol. The molecule has 156 valence electrons. The van der Waals surface area contributed by atoms with Crippen molar-refractivity contribution in [3.63, 3.8) is 0 Å². The lowest BCUT2D eigenvalue weighted by Gasteiger charge is -2.26. The van der Waals surface area contributed by atoms with E-state index in [4.69, 9.17) is 10.3 Å². The summed E-state index contributed by atoms with van der Waals surface area (Å²) in [5.74, 6) is 2.73. The van der Waals surface area contributed by atoms with Crippen LogP contribution < -0.4 is 5.73 Å². The SMILES string of the molecule is CC(C)(c1ccc(-c2ccccc2F)cc1)c1cc(/N=C(/N)N2CCSCC2)on1. The summed E-state index contributed by atoms with van der Waals surface area (Å²) in [5, 5.41) is 4.24. The van der Waals surface area contributed by atoms with Crippen LogP contribution in [0.5, 0.6) is 0 Å². The van der Waals surface area contributed by atoms with Gasteiger partial charge >= 0.3 is 0 Å². The minimum Gasteiger partial charge on any atom is -0.369 e. The number of rotatable bonds is 4. The molecule has 1 aliphatic rings. The van der Waals surface area contributed by atoms with E-state index >= 15 is 0 Å². The Morgan fingerprint density at radius 3 is 2.53 bits per heavy atom. The van der Waals surface area contributed by atoms with E-state index in [-0.39, 0.29) is 5.82 Å². The van der Waals surface area contributed by atoms with E-state index < -0.39 is 5.41 Å². The Labute approximate surface area is 180 Å². The molecular formula is C23H25FN4OS. The van der Waals surface area contributed by atoms with Crippen LogP contribution in [0.2, 0.25) is 0 Å². The molecule has 0 unspecified atom stereocenters. The van der Waals surface area contributed by atoms with Gasteiger partial charge in [-0.25, -0.2) is 4.39 Å². The summed E-state index contributed by atoms with van der Waals surface area (Å²) in [4.78, 5) is 6.48. The Hall–Kier alpha value is -2.80. The summed E-state index contributed by atoms with van der Waals surface area (Å²) >= 11 is 1.92. The minimum atomic E-state index is -0.401. The molecule has 1 aromatic heterocycles. The molecule has 2 heterocycles. The highest BCUT2D eigenvalue weighted by atomic mass is 32.2. The quantitative estimate of drug-likeness (QED) is 0.481. The molecule has 4 rings (SSSR count). The van der Waals surface area contributed by atoms with Crippen molar-refractivity contribution in [3.8, 4) is 11.1 Å². The lowest BCUT2D eigenvalue weighted by Crippen LogP contribution is -2.42. The van der Waals surface area contributed by atoms with Crippen molar-refractivity contribution in [3.05, 3.63) is 71.7 Å². The number of aliphatic imine (C=N–C) groups is 1. The standard InChI is InChI=1S/C23H25FN4OS/c1-23(2,17-9-7-16(8-10-17)18-5-3-4-6-19(18)24)20-15-21(29-27-20)26-22(25)28-11-13-30-14-12-28/h3-10,15H,11-14H2,1-2H3,(H2,25,26). The molecule has 0 radical (unpaired) electrons. The molecule has 0 atom stereocenters. The second-order valence-corrected chi connectivity index (χ2v) is 9.03. The Kier molecular flexibility index (Phi) is 5.81. The van der Waals surface area contributed by atoms with Crippen molar-refractivity contribution >= 4 is 23.6 Å². The van der Waals surface area contributed by atoms with E-state index in [0.717, 1.165) is 41.4 Å². The second kappa shape index (κ2) is 8.52. The number of guanidine groups is 1. The molecule has 0 aliphatic carbocycles. The molecule has 7 heteroatoms. The number of thioether (sulfide) groups is 1. The monoisotopic (exact) mass is 424 g/mol. The highest BCUT2D eigenvalue weighted by molar-refractivity contribution is 7.99. The van der Waals surface area contributed by atoms with E-state index in [1.165, 1.54) is 6.07 Å². The third kappa shape index (κ3) is 4.21. The van der Waals surface area contributed by atoms with E-state index in [0.29, 0.717) is 17.4 Å². The van der Waals surface area contributed by atoms with Gasteiger partial charge in [0.15, 0.2) is 5.96 Å². The summed E-state index contributed by atoms with van der Waals surface area (Å²) in [6, 6.07) is 16.5. The fraction of sp³-hybridized carbons (Fsp3) is 0.304. The van der Waals surface area contributed by atoms with Gasteiger partial charge < -0.3 is 15.2 Å². The van der Waals surface area contributed by atoms with Crippen molar-refractivity contribution in [1.82, 2.24) is 10.1 Å². The number of hydrogen-bond donors (Lipinski definition) is 1. The molecule has 2 N–H and O–H groups in total. The molecule has 2 aromatic carbocycles. The Morgan fingerprint density at radius 1 is 1.13 bits per heavy atom. The molecule has 0 bridgehead atoms. The van der Waals surface area contributed by atoms with Crippen molar-refractivity contribution in [2.45, 2.75) is 19.3 Å². The lowest BCUT2D eigenvalue weighted by molar-refractivity contribution is 0.403. The van der Waals surface area contributed by atoms with Gasteiger partial charge in [0.1, 0.15) is 5.82 Å². The number of hydrogen-bond acceptors (Lipinski definition) is 4. The second-order valence-electron chi connectivity index (χ2n) is 7.80. The molecule has 1 saturated heterocycles. The highest BCUT2D eigenvalue weighted by Gasteiger charge is 2.27. The Bertz CT molecular complexity index is 1040. The third-order valence-corrected chi connectivity index (χ3v) is 6.43. The zero-order chi connectivity index (χ0) is 21.1. The maximum absolute atomic E-state index is 14.1. The number of halogens is 1. The zero-order valence-corrected chi connectivity index (χ0v) is 18.0. The van der Waals surface area contributed by atoms with Gasteiger partial charge in [-0.05, 0) is 17.2 Å². The van der Waals surface area contributed by atoms with Crippen LogP contribution in [0.25, 0.3) is 11.1 Å². The van der Waals surface area contributed by atoms with E-state index in [9.17, 15) is 4.39 Å². The molecule has 1 fully saturated rings. The first-order valence-electron chi connectivity index (χ1n) is 9.94. The first-order chi connectivity index (χ1) is 14.4. The minimum absolute atomic E-state index is 0.228. The topological polar surface area (TPSA) is 67.7 Å². The molecule has 0 saturated carbocycles. The van der Waals surface area contributed by atoms with Crippen molar-refractivity contribution in [2.24, 2.45) is 10.7 Å². The average Bonchev–Trinajstić information content (AvgIpc) is 3.24. The molecule has 1 aliphatic heterocycles. The summed E-state index contributed by atoms with van der Waals surface area (Å²) < 4.78 is 19.5. The van der Waals surface area contributed by atoms with Gasteiger partial charge in [0.2, 0.25) is 0 Å². The van der Waals surface area contributed by atoms with E-state index in [1.54, 1.807) is 12.1 Å². The maximum Gasteiger partial charge on any atom is 0.253 e. The van der Waals surface area contributed by atoms with Gasteiger partial charge in [-0.15, -0.1) is 0 Å². The van der Waals surface area contributed by atoms with Crippen LogP contribution in [0, 0.1) is 5.82 Å². The first-order valence-corrected chi connectivity index (χ1v) is 11.1. The largest absolute Gasteiger partial charge is 0.369 e. The van der Waals surface area contributed by atoms with Crippen molar-refractivity contribution in [1.29, 1.82) is 0 Å². The van der Waals surface area contributed by atoms with Gasteiger partial charge in [-0.1, -0.05) is 61.5 Å². The molecule has 30 heavy (non-hydrogen) atoms. The van der Waals surface area contributed by atoms with Crippen LogP contribution in [0.4, 0.5) is 10.3 Å². The van der Waals surface area contributed by atoms with Crippen LogP contribution in [0.1, 0.15) is 25.1 Å². The van der Waals surface area contributed by atoms with Crippen LogP contribution in [-0.2, 0) is 5.41 Å². The highest BCUT2D eigenvalue weighted by Crippen LogP contribution is 2.34. The predicted molar refractivity (Wildman–Crippen MR) is 121 cm³/mol. The molecule has 3 aromatic rings. The number of benzene rings is 2. The molecule has 0 amide bonds. The molecule has 0 spiro atoms. The summed E-state index contributed by atoms with van der Waals surface area (Å²) in [6.45, 7) is 5.92. The van der Waals surface area contributed by atoms with Gasteiger partial charge in [-0.2, -0.15) is 16.8 Å². The van der Waals surface area contributed by atoms with Gasteiger partial charge in [0, 0.05) is 41.6 Å². The fourth-order valence-corrected chi connectivity index (χ4v) is 4.40. The Balaban J connectivity index is 1.54. The van der Waals surface area contributed by atoms with E-state index in [1.807, 2.05) is 48.2 Å². The van der Waals surface area contributed by atoms with Crippen LogP contribution in [-0.4, -0.2) is 40.6 Å². The van der Waals surface area contributed by atoms with Crippen molar-refractivity contribution in [2.75, 3.05) is 24.6 Å².